The summed E-state index contributed by atoms with van der Waals surface area (Å²) in [6.45, 7) is 9.24. The molecule has 2 nitrogen and oxygen atoms in total. The maximum absolute atomic E-state index is 9.44. The summed E-state index contributed by atoms with van der Waals surface area (Å²) in [5, 5.41) is 13.0. The van der Waals surface area contributed by atoms with E-state index in [0.717, 1.165) is 13.1 Å². The van der Waals surface area contributed by atoms with Crippen LogP contribution in [-0.2, 0) is 0 Å². The van der Waals surface area contributed by atoms with E-state index in [9.17, 15) is 5.11 Å². The fourth-order valence-corrected chi connectivity index (χ4v) is 2.33. The van der Waals surface area contributed by atoms with Gasteiger partial charge in [0.2, 0.25) is 0 Å². The molecule has 0 heterocycles. The lowest BCUT2D eigenvalue weighted by atomic mass is 9.87. The lowest BCUT2D eigenvalue weighted by molar-refractivity contribution is 0.127. The molecule has 2 N–H and O–H groups in total. The summed E-state index contributed by atoms with van der Waals surface area (Å²) in [6, 6.07) is 0. The zero-order valence-electron chi connectivity index (χ0n) is 10.6. The van der Waals surface area contributed by atoms with Crippen molar-refractivity contribution in [3.8, 4) is 0 Å². The third kappa shape index (κ3) is 4.52. The Morgan fingerprint density at radius 1 is 1.20 bits per heavy atom. The maximum Gasteiger partial charge on any atom is 0.0499 e. The Hall–Kier alpha value is -0.0800. The summed E-state index contributed by atoms with van der Waals surface area (Å²) < 4.78 is 0. The van der Waals surface area contributed by atoms with Crippen LogP contribution in [-0.4, -0.2) is 24.8 Å². The molecular formula is C13H27NO. The van der Waals surface area contributed by atoms with Crippen LogP contribution in [0.5, 0.6) is 0 Å². The van der Waals surface area contributed by atoms with E-state index in [0.29, 0.717) is 12.0 Å². The highest BCUT2D eigenvalue weighted by Gasteiger charge is 2.32. The second kappa shape index (κ2) is 5.31. The molecule has 0 aromatic carbocycles. The summed E-state index contributed by atoms with van der Waals surface area (Å²) in [5.74, 6) is 0. The van der Waals surface area contributed by atoms with Crippen LogP contribution in [0.4, 0.5) is 0 Å². The summed E-state index contributed by atoms with van der Waals surface area (Å²) >= 11 is 0. The molecule has 0 aliphatic heterocycles. The highest BCUT2D eigenvalue weighted by Crippen LogP contribution is 2.36. The Balaban J connectivity index is 2.18. The van der Waals surface area contributed by atoms with Crippen molar-refractivity contribution in [3.05, 3.63) is 0 Å². The number of rotatable bonds is 5. The van der Waals surface area contributed by atoms with E-state index >= 15 is 0 Å². The standard InChI is InChI=1S/C13H27NO/c1-12(2,3)8-9-14-10-13(11-15)6-4-5-7-13/h14-15H,4-11H2,1-3H3. The van der Waals surface area contributed by atoms with Crippen LogP contribution in [0, 0.1) is 10.8 Å². The van der Waals surface area contributed by atoms with Crippen LogP contribution in [0.15, 0.2) is 0 Å². The quantitative estimate of drug-likeness (QED) is 0.688. The predicted molar refractivity (Wildman–Crippen MR) is 64.9 cm³/mol. The van der Waals surface area contributed by atoms with Crippen molar-refractivity contribution in [2.75, 3.05) is 19.7 Å². The molecule has 0 radical (unpaired) electrons. The Labute approximate surface area is 94.5 Å². The first-order valence-corrected chi connectivity index (χ1v) is 6.29. The molecule has 2 heteroatoms. The predicted octanol–water partition coefficient (Wildman–Crippen LogP) is 2.56. The number of aliphatic hydroxyl groups excluding tert-OH is 1. The van der Waals surface area contributed by atoms with E-state index in [-0.39, 0.29) is 5.41 Å². The average Bonchev–Trinajstić information content (AvgIpc) is 2.60. The average molecular weight is 213 g/mol. The van der Waals surface area contributed by atoms with Gasteiger partial charge in [-0.1, -0.05) is 33.6 Å². The number of hydrogen-bond acceptors (Lipinski definition) is 2. The molecule has 0 saturated heterocycles. The largest absolute Gasteiger partial charge is 0.396 e. The molecule has 0 aromatic heterocycles. The van der Waals surface area contributed by atoms with Gasteiger partial charge in [-0.2, -0.15) is 0 Å². The van der Waals surface area contributed by atoms with E-state index in [1.807, 2.05) is 0 Å². The second-order valence-corrected chi connectivity index (χ2v) is 6.35. The molecule has 0 atom stereocenters. The molecule has 1 fully saturated rings. The minimum atomic E-state index is 0.206. The van der Waals surface area contributed by atoms with Gasteiger partial charge in [-0.15, -0.1) is 0 Å². The summed E-state index contributed by atoms with van der Waals surface area (Å²) in [5.41, 5.74) is 0.618. The molecule has 15 heavy (non-hydrogen) atoms. The Morgan fingerprint density at radius 2 is 1.80 bits per heavy atom. The van der Waals surface area contributed by atoms with Crippen molar-refractivity contribution < 1.29 is 5.11 Å². The minimum absolute atomic E-state index is 0.206. The summed E-state index contributed by atoms with van der Waals surface area (Å²) in [4.78, 5) is 0. The molecule has 1 rings (SSSR count). The van der Waals surface area contributed by atoms with Crippen LogP contribution in [0.3, 0.4) is 0 Å². The highest BCUT2D eigenvalue weighted by atomic mass is 16.3. The monoisotopic (exact) mass is 213 g/mol. The third-order valence-corrected chi connectivity index (χ3v) is 3.55. The normalized spacial score (nSPS) is 20.8. The van der Waals surface area contributed by atoms with E-state index in [2.05, 4.69) is 26.1 Å². The molecule has 90 valence electrons. The number of nitrogens with one attached hydrogen (secondary N) is 1. The molecule has 0 unspecified atom stereocenters. The molecular weight excluding hydrogens is 186 g/mol. The third-order valence-electron chi connectivity index (χ3n) is 3.55. The van der Waals surface area contributed by atoms with E-state index in [1.54, 1.807) is 0 Å². The van der Waals surface area contributed by atoms with Crippen LogP contribution in [0.25, 0.3) is 0 Å². The van der Waals surface area contributed by atoms with Crippen molar-refractivity contribution in [2.45, 2.75) is 52.9 Å². The highest BCUT2D eigenvalue weighted by molar-refractivity contribution is 4.86. The molecule has 0 bridgehead atoms. The van der Waals surface area contributed by atoms with Crippen molar-refractivity contribution in [1.29, 1.82) is 0 Å². The van der Waals surface area contributed by atoms with E-state index in [4.69, 9.17) is 0 Å². The van der Waals surface area contributed by atoms with Crippen LogP contribution < -0.4 is 5.32 Å². The zero-order valence-corrected chi connectivity index (χ0v) is 10.6. The first-order valence-electron chi connectivity index (χ1n) is 6.29. The van der Waals surface area contributed by atoms with Gasteiger partial charge in [0.15, 0.2) is 0 Å². The maximum atomic E-state index is 9.44. The number of hydrogen-bond donors (Lipinski definition) is 2. The molecule has 0 spiro atoms. The first-order chi connectivity index (χ1) is 6.97. The fourth-order valence-electron chi connectivity index (χ4n) is 2.33. The smallest absolute Gasteiger partial charge is 0.0499 e. The van der Waals surface area contributed by atoms with Gasteiger partial charge in [0.25, 0.3) is 0 Å². The second-order valence-electron chi connectivity index (χ2n) is 6.35. The zero-order chi connectivity index (χ0) is 11.4. The SMILES string of the molecule is CC(C)(C)CCNCC1(CO)CCCC1. The van der Waals surface area contributed by atoms with Crippen molar-refractivity contribution in [3.63, 3.8) is 0 Å². The van der Waals surface area contributed by atoms with Gasteiger partial charge in [-0.3, -0.25) is 0 Å². The van der Waals surface area contributed by atoms with E-state index < -0.39 is 0 Å². The minimum Gasteiger partial charge on any atom is -0.396 e. The summed E-state index contributed by atoms with van der Waals surface area (Å²) in [6.07, 6.45) is 6.19. The topological polar surface area (TPSA) is 32.3 Å². The Morgan fingerprint density at radius 3 is 2.27 bits per heavy atom. The van der Waals surface area contributed by atoms with Gasteiger partial charge in [0, 0.05) is 18.6 Å². The molecule has 1 aliphatic carbocycles. The van der Waals surface area contributed by atoms with Crippen LogP contribution >= 0.6 is 0 Å². The van der Waals surface area contributed by atoms with Gasteiger partial charge in [0.1, 0.15) is 0 Å². The van der Waals surface area contributed by atoms with Gasteiger partial charge >= 0.3 is 0 Å². The lowest BCUT2D eigenvalue weighted by Crippen LogP contribution is -2.36. The Kier molecular flexibility index (Phi) is 4.60. The summed E-state index contributed by atoms with van der Waals surface area (Å²) in [7, 11) is 0. The number of aliphatic hydroxyl groups is 1. The van der Waals surface area contributed by atoms with Crippen molar-refractivity contribution >= 4 is 0 Å². The first kappa shape index (κ1) is 13.0. The van der Waals surface area contributed by atoms with Crippen LogP contribution in [0.1, 0.15) is 52.9 Å². The van der Waals surface area contributed by atoms with Crippen molar-refractivity contribution in [2.24, 2.45) is 10.8 Å². The lowest BCUT2D eigenvalue weighted by Gasteiger charge is -2.27. The van der Waals surface area contributed by atoms with Crippen LogP contribution in [0.2, 0.25) is 0 Å². The molecule has 0 aromatic rings. The molecule has 0 amide bonds. The fraction of sp³-hybridized carbons (Fsp3) is 1.00. The van der Waals surface area contributed by atoms with Gasteiger partial charge in [-0.05, 0) is 31.2 Å². The molecule has 1 saturated carbocycles. The van der Waals surface area contributed by atoms with Gasteiger partial charge in [-0.25, -0.2) is 0 Å². The van der Waals surface area contributed by atoms with Crippen molar-refractivity contribution in [1.82, 2.24) is 5.32 Å². The van der Waals surface area contributed by atoms with Gasteiger partial charge in [0.05, 0.1) is 0 Å². The Bertz CT molecular complexity index is 177. The van der Waals surface area contributed by atoms with Gasteiger partial charge < -0.3 is 10.4 Å². The molecule has 1 aliphatic rings. The van der Waals surface area contributed by atoms with E-state index in [1.165, 1.54) is 32.1 Å².